The minimum Gasteiger partial charge on any atom is -0.381 e. The first-order valence-corrected chi connectivity index (χ1v) is 12.9. The van der Waals surface area contributed by atoms with Crippen molar-refractivity contribution in [1.82, 2.24) is 9.88 Å². The molecule has 0 aliphatic carbocycles. The number of anilines is 2. The van der Waals surface area contributed by atoms with Gasteiger partial charge >= 0.3 is 0 Å². The second kappa shape index (κ2) is 8.36. The van der Waals surface area contributed by atoms with Gasteiger partial charge in [-0.05, 0) is 56.1 Å². The van der Waals surface area contributed by atoms with Crippen LogP contribution >= 0.6 is 11.3 Å². The molecule has 1 aromatic carbocycles. The van der Waals surface area contributed by atoms with Crippen molar-refractivity contribution in [2.75, 3.05) is 31.6 Å². The first kappa shape index (κ1) is 22.1. The first-order valence-electron chi connectivity index (χ1n) is 12.1. The van der Waals surface area contributed by atoms with E-state index >= 15 is 4.39 Å². The van der Waals surface area contributed by atoms with Gasteiger partial charge < -0.3 is 10.1 Å². The number of aromatic nitrogens is 1. The lowest BCUT2D eigenvalue weighted by Gasteiger charge is -2.44. The van der Waals surface area contributed by atoms with E-state index in [1.807, 2.05) is 6.92 Å². The minimum absolute atomic E-state index is 0.0910. The SMILES string of the molecule is CCN1CCC(c2cc3c(Nc4c(F)cc5c(c4F)N=CC5C)ccnc3s2)C12CCOCC2. The molecule has 178 valence electrons. The van der Waals surface area contributed by atoms with Crippen LogP contribution in [0.1, 0.15) is 55.4 Å². The zero-order valence-corrected chi connectivity index (χ0v) is 20.2. The van der Waals surface area contributed by atoms with Crippen LogP contribution in [0.25, 0.3) is 10.2 Å². The summed E-state index contributed by atoms with van der Waals surface area (Å²) in [6.07, 6.45) is 6.52. The predicted molar refractivity (Wildman–Crippen MR) is 133 cm³/mol. The van der Waals surface area contributed by atoms with Crippen LogP contribution in [0.15, 0.2) is 29.4 Å². The Bertz CT molecular complexity index is 1280. The third-order valence-electron chi connectivity index (χ3n) is 7.90. The summed E-state index contributed by atoms with van der Waals surface area (Å²) in [5.41, 5.74) is 1.42. The molecule has 3 aliphatic heterocycles. The highest BCUT2D eigenvalue weighted by atomic mass is 32.1. The summed E-state index contributed by atoms with van der Waals surface area (Å²) in [5, 5.41) is 3.93. The van der Waals surface area contributed by atoms with E-state index in [2.05, 4.69) is 33.2 Å². The molecule has 2 unspecified atom stereocenters. The summed E-state index contributed by atoms with van der Waals surface area (Å²) in [4.78, 5) is 13.6. The van der Waals surface area contributed by atoms with Gasteiger partial charge in [-0.25, -0.2) is 13.8 Å². The van der Waals surface area contributed by atoms with Gasteiger partial charge in [0.05, 0.1) is 5.69 Å². The molecule has 3 aliphatic rings. The van der Waals surface area contributed by atoms with E-state index in [4.69, 9.17) is 4.74 Å². The fourth-order valence-corrected chi connectivity index (χ4v) is 7.40. The molecule has 1 N–H and O–H groups in total. The normalized spacial score (nSPS) is 23.8. The number of halogens is 2. The first-order chi connectivity index (χ1) is 16.5. The van der Waals surface area contributed by atoms with Crippen molar-refractivity contribution in [3.05, 3.63) is 46.5 Å². The third kappa shape index (κ3) is 3.30. The van der Waals surface area contributed by atoms with Crippen molar-refractivity contribution >= 4 is 44.8 Å². The quantitative estimate of drug-likeness (QED) is 0.461. The molecule has 5 heterocycles. The van der Waals surface area contributed by atoms with Crippen LogP contribution in [0.3, 0.4) is 0 Å². The van der Waals surface area contributed by atoms with Crippen molar-refractivity contribution in [2.45, 2.75) is 50.5 Å². The fraction of sp³-hybridized carbons (Fsp3) is 0.462. The predicted octanol–water partition coefficient (Wildman–Crippen LogP) is 6.50. The Balaban J connectivity index is 1.38. The Kier molecular flexibility index (Phi) is 5.43. The van der Waals surface area contributed by atoms with Crippen molar-refractivity contribution < 1.29 is 13.5 Å². The molecular formula is C26H28F2N4OS. The third-order valence-corrected chi connectivity index (χ3v) is 9.06. The second-order valence-corrected chi connectivity index (χ2v) is 10.6. The van der Waals surface area contributed by atoms with E-state index in [0.29, 0.717) is 17.2 Å². The molecule has 2 saturated heterocycles. The Hall–Kier alpha value is -2.42. The van der Waals surface area contributed by atoms with Crippen molar-refractivity contribution in [2.24, 2.45) is 4.99 Å². The Labute approximate surface area is 201 Å². The second-order valence-electron chi connectivity index (χ2n) is 9.54. The van der Waals surface area contributed by atoms with Crippen LogP contribution < -0.4 is 5.32 Å². The number of fused-ring (bicyclic) bond motifs is 2. The summed E-state index contributed by atoms with van der Waals surface area (Å²) in [6, 6.07) is 5.36. The van der Waals surface area contributed by atoms with Crippen molar-refractivity contribution in [3.63, 3.8) is 0 Å². The molecular weight excluding hydrogens is 454 g/mol. The summed E-state index contributed by atoms with van der Waals surface area (Å²) in [5.74, 6) is -0.935. The maximum absolute atomic E-state index is 15.2. The maximum atomic E-state index is 15.2. The number of nitrogens with zero attached hydrogens (tertiary/aromatic N) is 3. The van der Waals surface area contributed by atoms with E-state index < -0.39 is 11.6 Å². The van der Waals surface area contributed by atoms with Gasteiger partial charge in [-0.15, -0.1) is 11.3 Å². The largest absolute Gasteiger partial charge is 0.381 e. The van der Waals surface area contributed by atoms with Gasteiger partial charge in [-0.3, -0.25) is 9.89 Å². The number of hydrogen-bond donors (Lipinski definition) is 1. The van der Waals surface area contributed by atoms with Crippen LogP contribution in [0, 0.1) is 11.6 Å². The van der Waals surface area contributed by atoms with Gasteiger partial charge in [-0.1, -0.05) is 13.8 Å². The van der Waals surface area contributed by atoms with Gasteiger partial charge in [-0.2, -0.15) is 0 Å². The number of benzene rings is 1. The molecule has 8 heteroatoms. The Morgan fingerprint density at radius 1 is 1.26 bits per heavy atom. The Morgan fingerprint density at radius 2 is 2.09 bits per heavy atom. The zero-order chi connectivity index (χ0) is 23.4. The van der Waals surface area contributed by atoms with Crippen LogP contribution in [0.4, 0.5) is 25.8 Å². The molecule has 5 nitrogen and oxygen atoms in total. The molecule has 0 bridgehead atoms. The van der Waals surface area contributed by atoms with E-state index in [9.17, 15) is 4.39 Å². The smallest absolute Gasteiger partial charge is 0.175 e. The standard InChI is InChI=1S/C26H28F2N4OS/c1-3-32-9-5-18(26(32)6-10-33-11-7-26)21-13-17-20(4-8-29-25(17)34-21)31-24-19(27)12-16-15(2)14-30-23(16)22(24)28/h4,8,12-15,18H,3,5-7,9-11H2,1-2H3,(H,29,31). The van der Waals surface area contributed by atoms with E-state index in [0.717, 1.165) is 55.8 Å². The van der Waals surface area contributed by atoms with Crippen molar-refractivity contribution in [3.8, 4) is 0 Å². The topological polar surface area (TPSA) is 49.8 Å². The number of aliphatic imine (C=N–C) groups is 1. The lowest BCUT2D eigenvalue weighted by molar-refractivity contribution is -0.0132. The van der Waals surface area contributed by atoms with Crippen LogP contribution in [-0.4, -0.2) is 47.9 Å². The number of hydrogen-bond acceptors (Lipinski definition) is 6. The number of ether oxygens (including phenoxy) is 1. The molecule has 0 radical (unpaired) electrons. The molecule has 2 fully saturated rings. The molecule has 2 aromatic heterocycles. The molecule has 6 rings (SSSR count). The summed E-state index contributed by atoms with van der Waals surface area (Å²) >= 11 is 1.70. The summed E-state index contributed by atoms with van der Waals surface area (Å²) in [7, 11) is 0. The van der Waals surface area contributed by atoms with Crippen LogP contribution in [-0.2, 0) is 4.74 Å². The zero-order valence-electron chi connectivity index (χ0n) is 19.4. The average Bonchev–Trinajstić information content (AvgIpc) is 3.53. The number of likely N-dealkylation sites (N-methyl/N-ethyl adjacent to an activating group) is 1. The van der Waals surface area contributed by atoms with E-state index in [1.165, 1.54) is 10.9 Å². The highest BCUT2D eigenvalue weighted by molar-refractivity contribution is 7.18. The molecule has 34 heavy (non-hydrogen) atoms. The minimum atomic E-state index is -0.647. The average molecular weight is 483 g/mol. The van der Waals surface area contributed by atoms with Gasteiger partial charge in [0, 0.05) is 53.3 Å². The highest BCUT2D eigenvalue weighted by Crippen LogP contribution is 2.51. The lowest BCUT2D eigenvalue weighted by atomic mass is 9.77. The van der Waals surface area contributed by atoms with E-state index in [1.54, 1.807) is 29.8 Å². The number of pyridine rings is 1. The van der Waals surface area contributed by atoms with Gasteiger partial charge in [0.2, 0.25) is 0 Å². The molecule has 0 amide bonds. The molecule has 1 spiro atoms. The summed E-state index contributed by atoms with van der Waals surface area (Å²) in [6.45, 7) is 7.82. The number of nitrogens with one attached hydrogen (secondary N) is 1. The highest BCUT2D eigenvalue weighted by Gasteiger charge is 2.49. The maximum Gasteiger partial charge on any atom is 0.175 e. The van der Waals surface area contributed by atoms with Crippen LogP contribution in [0.2, 0.25) is 0 Å². The van der Waals surface area contributed by atoms with Gasteiger partial charge in [0.15, 0.2) is 5.82 Å². The summed E-state index contributed by atoms with van der Waals surface area (Å²) < 4.78 is 35.9. The van der Waals surface area contributed by atoms with E-state index in [-0.39, 0.29) is 22.8 Å². The number of rotatable bonds is 4. The van der Waals surface area contributed by atoms with Gasteiger partial charge in [0.1, 0.15) is 22.0 Å². The molecule has 3 aromatic rings. The fourth-order valence-electron chi connectivity index (χ4n) is 6.13. The van der Waals surface area contributed by atoms with Crippen molar-refractivity contribution in [1.29, 1.82) is 0 Å². The number of thiophene rings is 1. The monoisotopic (exact) mass is 482 g/mol. The Morgan fingerprint density at radius 3 is 2.88 bits per heavy atom. The lowest BCUT2D eigenvalue weighted by Crippen LogP contribution is -2.50. The van der Waals surface area contributed by atoms with Gasteiger partial charge in [0.25, 0.3) is 0 Å². The number of likely N-dealkylation sites (tertiary alicyclic amines) is 1. The molecule has 0 saturated carbocycles. The van der Waals surface area contributed by atoms with Crippen LogP contribution in [0.5, 0.6) is 0 Å². The molecule has 2 atom stereocenters.